The van der Waals surface area contributed by atoms with Crippen molar-refractivity contribution in [2.45, 2.75) is 32.1 Å². The van der Waals surface area contributed by atoms with Gasteiger partial charge in [0.15, 0.2) is 17.5 Å². The number of guanidine groups is 1. The Hall–Kier alpha value is -2.80. The molecule has 1 aliphatic rings. The quantitative estimate of drug-likeness (QED) is 0.482. The molecule has 0 amide bonds. The molecule has 2 aromatic carbocycles. The van der Waals surface area contributed by atoms with Gasteiger partial charge in [-0.05, 0) is 56.5 Å². The number of ether oxygens (including phenoxy) is 3. The van der Waals surface area contributed by atoms with Gasteiger partial charge in [-0.1, -0.05) is 12.1 Å². The number of nitrogens with one attached hydrogen (secondary N) is 2. The molecule has 1 fully saturated rings. The average molecular weight is 430 g/mol. The van der Waals surface area contributed by atoms with Gasteiger partial charge in [0.25, 0.3) is 0 Å². The van der Waals surface area contributed by atoms with E-state index in [9.17, 15) is 4.39 Å². The van der Waals surface area contributed by atoms with Crippen LogP contribution < -0.4 is 20.1 Å². The molecule has 3 rings (SSSR count). The third kappa shape index (κ3) is 5.88. The van der Waals surface area contributed by atoms with Gasteiger partial charge in [0, 0.05) is 36.9 Å². The van der Waals surface area contributed by atoms with Gasteiger partial charge >= 0.3 is 0 Å². The van der Waals surface area contributed by atoms with Crippen LogP contribution >= 0.6 is 0 Å². The molecule has 0 aliphatic carbocycles. The predicted octanol–water partition coefficient (Wildman–Crippen LogP) is 4.36. The van der Waals surface area contributed by atoms with Crippen molar-refractivity contribution in [2.24, 2.45) is 4.99 Å². The number of hydrogen-bond acceptors (Lipinski definition) is 4. The summed E-state index contributed by atoms with van der Waals surface area (Å²) in [6.07, 6.45) is 1.69. The Morgan fingerprint density at radius 1 is 1.10 bits per heavy atom. The summed E-state index contributed by atoms with van der Waals surface area (Å²) >= 11 is 0. The SMILES string of the molecule is CCNC(=NCC1(c2ccc(F)cc2)CCOCC1)Nc1ccc(OC)c(OCC)c1. The van der Waals surface area contributed by atoms with Gasteiger partial charge in [0.05, 0.1) is 20.3 Å². The standard InChI is InChI=1S/C24H32FN3O3/c1-4-26-23(28-20-10-11-21(29-3)22(16-20)31-5-2)27-17-24(12-14-30-15-13-24)18-6-8-19(25)9-7-18/h6-11,16H,4-5,12-15,17H2,1-3H3,(H2,26,27,28). The average Bonchev–Trinajstić information content (AvgIpc) is 2.79. The third-order valence-electron chi connectivity index (χ3n) is 5.52. The first-order valence-electron chi connectivity index (χ1n) is 10.8. The van der Waals surface area contributed by atoms with E-state index in [-0.39, 0.29) is 11.2 Å². The second-order valence-electron chi connectivity index (χ2n) is 7.52. The molecular weight excluding hydrogens is 397 g/mol. The van der Waals surface area contributed by atoms with Crippen LogP contribution in [0, 0.1) is 5.82 Å². The minimum atomic E-state index is -0.228. The summed E-state index contributed by atoms with van der Waals surface area (Å²) in [7, 11) is 1.62. The molecule has 7 heteroatoms. The Kier molecular flexibility index (Phi) is 8.12. The van der Waals surface area contributed by atoms with Gasteiger partial charge in [0.2, 0.25) is 0 Å². The van der Waals surface area contributed by atoms with E-state index < -0.39 is 0 Å². The normalized spacial score (nSPS) is 15.9. The number of methoxy groups -OCH3 is 1. The molecule has 31 heavy (non-hydrogen) atoms. The fraction of sp³-hybridized carbons (Fsp3) is 0.458. The highest BCUT2D eigenvalue weighted by atomic mass is 19.1. The zero-order valence-corrected chi connectivity index (χ0v) is 18.5. The Balaban J connectivity index is 1.83. The highest BCUT2D eigenvalue weighted by molar-refractivity contribution is 5.94. The molecule has 0 atom stereocenters. The van der Waals surface area contributed by atoms with Crippen LogP contribution in [0.5, 0.6) is 11.5 Å². The van der Waals surface area contributed by atoms with Crippen molar-refractivity contribution in [2.75, 3.05) is 45.3 Å². The first-order valence-corrected chi connectivity index (χ1v) is 10.8. The monoisotopic (exact) mass is 429 g/mol. The van der Waals surface area contributed by atoms with Crippen LogP contribution in [-0.2, 0) is 10.2 Å². The maximum Gasteiger partial charge on any atom is 0.195 e. The molecule has 0 aromatic heterocycles. The van der Waals surface area contributed by atoms with Gasteiger partial charge in [-0.25, -0.2) is 4.39 Å². The van der Waals surface area contributed by atoms with E-state index in [2.05, 4.69) is 10.6 Å². The number of halogens is 1. The van der Waals surface area contributed by atoms with E-state index in [1.165, 1.54) is 12.1 Å². The topological polar surface area (TPSA) is 64.1 Å². The first kappa shape index (κ1) is 22.9. The molecule has 1 heterocycles. The van der Waals surface area contributed by atoms with E-state index in [0.717, 1.165) is 30.6 Å². The zero-order chi connectivity index (χ0) is 22.1. The van der Waals surface area contributed by atoms with E-state index in [0.29, 0.717) is 43.8 Å². The number of nitrogens with zero attached hydrogens (tertiary/aromatic N) is 1. The van der Waals surface area contributed by atoms with Crippen molar-refractivity contribution in [3.63, 3.8) is 0 Å². The summed E-state index contributed by atoms with van der Waals surface area (Å²) in [5, 5.41) is 6.66. The molecule has 168 valence electrons. The summed E-state index contributed by atoms with van der Waals surface area (Å²) in [5.74, 6) is 1.82. The number of aliphatic imine (C=N–C) groups is 1. The number of benzene rings is 2. The molecule has 0 radical (unpaired) electrons. The van der Waals surface area contributed by atoms with Crippen molar-refractivity contribution < 1.29 is 18.6 Å². The summed E-state index contributed by atoms with van der Waals surface area (Å²) in [5.41, 5.74) is 1.77. The lowest BCUT2D eigenvalue weighted by Gasteiger charge is -2.36. The molecule has 0 spiro atoms. The number of anilines is 1. The fourth-order valence-corrected chi connectivity index (χ4v) is 3.80. The van der Waals surface area contributed by atoms with Crippen LogP contribution in [0.1, 0.15) is 32.3 Å². The lowest BCUT2D eigenvalue weighted by molar-refractivity contribution is 0.0531. The number of rotatable bonds is 8. The second-order valence-corrected chi connectivity index (χ2v) is 7.52. The van der Waals surface area contributed by atoms with Gasteiger partial charge in [-0.15, -0.1) is 0 Å². The predicted molar refractivity (Wildman–Crippen MR) is 122 cm³/mol. The Labute approximate surface area is 183 Å². The van der Waals surface area contributed by atoms with Crippen LogP contribution in [0.4, 0.5) is 10.1 Å². The Morgan fingerprint density at radius 2 is 1.84 bits per heavy atom. The Morgan fingerprint density at radius 3 is 2.48 bits per heavy atom. The molecule has 2 aromatic rings. The van der Waals surface area contributed by atoms with Crippen molar-refractivity contribution >= 4 is 11.6 Å². The van der Waals surface area contributed by atoms with Crippen LogP contribution in [0.3, 0.4) is 0 Å². The van der Waals surface area contributed by atoms with E-state index in [1.807, 2.05) is 44.2 Å². The molecule has 0 bridgehead atoms. The smallest absolute Gasteiger partial charge is 0.195 e. The highest BCUT2D eigenvalue weighted by Gasteiger charge is 2.34. The van der Waals surface area contributed by atoms with E-state index in [4.69, 9.17) is 19.2 Å². The first-order chi connectivity index (χ1) is 15.1. The van der Waals surface area contributed by atoms with Crippen LogP contribution in [0.25, 0.3) is 0 Å². The maximum atomic E-state index is 13.5. The van der Waals surface area contributed by atoms with Crippen molar-refractivity contribution in [1.29, 1.82) is 0 Å². The zero-order valence-electron chi connectivity index (χ0n) is 18.5. The largest absolute Gasteiger partial charge is 0.493 e. The van der Waals surface area contributed by atoms with Crippen LogP contribution in [-0.4, -0.2) is 46.0 Å². The molecule has 0 unspecified atom stereocenters. The summed E-state index contributed by atoms with van der Waals surface area (Å²) in [6.45, 7) is 7.17. The summed E-state index contributed by atoms with van der Waals surface area (Å²) < 4.78 is 30.1. The van der Waals surface area contributed by atoms with E-state index >= 15 is 0 Å². The second kappa shape index (κ2) is 11.0. The Bertz CT molecular complexity index is 865. The third-order valence-corrected chi connectivity index (χ3v) is 5.52. The lowest BCUT2D eigenvalue weighted by Crippen LogP contribution is -2.39. The molecule has 0 saturated carbocycles. The minimum absolute atomic E-state index is 0.176. The molecule has 2 N–H and O–H groups in total. The van der Waals surface area contributed by atoms with Crippen molar-refractivity contribution in [3.8, 4) is 11.5 Å². The molecular formula is C24H32FN3O3. The van der Waals surface area contributed by atoms with Gasteiger partial charge in [-0.2, -0.15) is 0 Å². The maximum absolute atomic E-state index is 13.5. The lowest BCUT2D eigenvalue weighted by atomic mass is 9.74. The summed E-state index contributed by atoms with van der Waals surface area (Å²) in [6, 6.07) is 12.5. The molecule has 6 nitrogen and oxygen atoms in total. The van der Waals surface area contributed by atoms with Crippen molar-refractivity contribution in [1.82, 2.24) is 5.32 Å². The minimum Gasteiger partial charge on any atom is -0.493 e. The van der Waals surface area contributed by atoms with Gasteiger partial charge in [0.1, 0.15) is 5.82 Å². The van der Waals surface area contributed by atoms with Crippen LogP contribution in [0.2, 0.25) is 0 Å². The summed E-state index contributed by atoms with van der Waals surface area (Å²) in [4.78, 5) is 4.89. The molecule has 1 aliphatic heterocycles. The van der Waals surface area contributed by atoms with E-state index in [1.54, 1.807) is 7.11 Å². The highest BCUT2D eigenvalue weighted by Crippen LogP contribution is 2.35. The molecule has 1 saturated heterocycles. The number of hydrogen-bond donors (Lipinski definition) is 2. The van der Waals surface area contributed by atoms with Gasteiger partial charge < -0.3 is 24.8 Å². The fourth-order valence-electron chi connectivity index (χ4n) is 3.80. The van der Waals surface area contributed by atoms with Gasteiger partial charge in [-0.3, -0.25) is 4.99 Å². The van der Waals surface area contributed by atoms with Crippen molar-refractivity contribution in [3.05, 3.63) is 53.8 Å². The van der Waals surface area contributed by atoms with Crippen LogP contribution in [0.15, 0.2) is 47.5 Å².